The van der Waals surface area contributed by atoms with E-state index in [9.17, 15) is 0 Å². The van der Waals surface area contributed by atoms with Crippen molar-refractivity contribution in [3.63, 3.8) is 0 Å². The number of hydrogen-bond acceptors (Lipinski definition) is 0. The molecule has 1 unspecified atom stereocenters. The Hall–Kier alpha value is -0.613. The summed E-state index contributed by atoms with van der Waals surface area (Å²) >= 11 is 2.89. The van der Waals surface area contributed by atoms with Crippen molar-refractivity contribution in [1.29, 1.82) is 0 Å². The molecule has 0 aliphatic carbocycles. The third kappa shape index (κ3) is 3.58. The third-order valence-corrected chi connectivity index (χ3v) is 21.8. The van der Waals surface area contributed by atoms with Crippen LogP contribution in [0.5, 0.6) is 0 Å². The molecule has 0 radical (unpaired) electrons. The normalized spacial score (nSPS) is 15.2. The van der Waals surface area contributed by atoms with Crippen LogP contribution in [0.2, 0.25) is 11.1 Å². The fourth-order valence-corrected chi connectivity index (χ4v) is 10.2. The number of halogens is 1. The zero-order valence-electron chi connectivity index (χ0n) is 15.1. The highest BCUT2D eigenvalue weighted by Crippen LogP contribution is 2.56. The average molecular weight is 436 g/mol. The van der Waals surface area contributed by atoms with Gasteiger partial charge in [-0.25, -0.2) is 0 Å². The summed E-state index contributed by atoms with van der Waals surface area (Å²) in [5.41, 5.74) is 1.32. The third-order valence-electron chi connectivity index (χ3n) is 5.53. The Morgan fingerprint density at radius 1 is 0.826 bits per heavy atom. The summed E-state index contributed by atoms with van der Waals surface area (Å²) in [7, 11) is 0. The Morgan fingerprint density at radius 3 is 1.78 bits per heavy atom. The van der Waals surface area contributed by atoms with Crippen LogP contribution in [0.15, 0.2) is 60.7 Å². The molecule has 0 bridgehead atoms. The molecule has 0 N–H and O–H groups in total. The second-order valence-corrected chi connectivity index (χ2v) is 18.1. The first kappa shape index (κ1) is 18.7. The van der Waals surface area contributed by atoms with Crippen molar-refractivity contribution < 1.29 is 0 Å². The highest BCUT2D eigenvalue weighted by molar-refractivity contribution is 14.1. The molecule has 1 atom stereocenters. The van der Waals surface area contributed by atoms with Gasteiger partial charge in [-0.3, -0.25) is 0 Å². The van der Waals surface area contributed by atoms with Crippen LogP contribution in [-0.2, 0) is 11.5 Å². The zero-order chi connectivity index (χ0) is 17.1. The lowest BCUT2D eigenvalue weighted by Gasteiger charge is -2.51. The number of hydrogen-bond donors (Lipinski definition) is 0. The first-order valence-electron chi connectivity index (χ1n) is 8.53. The molecule has 0 saturated carbocycles. The molecule has 0 aliphatic rings. The summed E-state index contributed by atoms with van der Waals surface area (Å²) in [6, 6.07) is 23.4. The first-order valence-corrected chi connectivity index (χ1v) is 13.8. The van der Waals surface area contributed by atoms with Gasteiger partial charge in [-0.1, -0.05) is 101 Å². The van der Waals surface area contributed by atoms with E-state index in [4.69, 9.17) is 0 Å². The molecule has 23 heavy (non-hydrogen) atoms. The van der Waals surface area contributed by atoms with Crippen molar-refractivity contribution in [3.8, 4) is 0 Å². The Kier molecular flexibility index (Phi) is 5.78. The van der Waals surface area contributed by atoms with Gasteiger partial charge >= 0.3 is 0 Å². The second kappa shape index (κ2) is 7.10. The monoisotopic (exact) mass is 436 g/mol. The predicted molar refractivity (Wildman–Crippen MR) is 114 cm³/mol. The molecule has 2 aromatic rings. The molecule has 2 rings (SSSR count). The maximum absolute atomic E-state index is 2.89. The Morgan fingerprint density at radius 2 is 1.30 bits per heavy atom. The maximum Gasteiger partial charge on any atom is 0.141 e. The van der Waals surface area contributed by atoms with Gasteiger partial charge in [-0.15, -0.1) is 21.8 Å². The number of rotatable bonds is 6. The molecular formula is C21H29ISi. The summed E-state index contributed by atoms with van der Waals surface area (Å²) in [6.45, 7) is 12.3. The highest BCUT2D eigenvalue weighted by atomic mass is 127. The SMILES string of the molecule is CC[Si](I)(C(C)(C)Cc1ccccc1)C(C)(C)c1ccccc1. The molecule has 2 aromatic carbocycles. The van der Waals surface area contributed by atoms with E-state index in [1.54, 1.807) is 0 Å². The molecule has 0 heterocycles. The van der Waals surface area contributed by atoms with E-state index < -0.39 is 5.57 Å². The first-order chi connectivity index (χ1) is 10.7. The molecule has 0 amide bonds. The lowest BCUT2D eigenvalue weighted by atomic mass is 10.0. The van der Waals surface area contributed by atoms with E-state index >= 15 is 0 Å². The van der Waals surface area contributed by atoms with Crippen LogP contribution in [-0.4, -0.2) is 5.57 Å². The van der Waals surface area contributed by atoms with Crippen molar-refractivity contribution in [3.05, 3.63) is 71.8 Å². The fourth-order valence-electron chi connectivity index (χ4n) is 4.10. The van der Waals surface area contributed by atoms with E-state index in [-0.39, 0.29) is 5.04 Å². The fraction of sp³-hybridized carbons (Fsp3) is 0.429. The smallest absolute Gasteiger partial charge is 0.117 e. The molecule has 0 fully saturated rings. The number of benzene rings is 2. The Balaban J connectivity index is 2.42. The molecule has 0 aromatic heterocycles. The van der Waals surface area contributed by atoms with E-state index in [0.29, 0.717) is 5.04 Å². The van der Waals surface area contributed by atoms with Crippen molar-refractivity contribution in [1.82, 2.24) is 0 Å². The molecule has 0 spiro atoms. The summed E-state index contributed by atoms with van der Waals surface area (Å²) in [6.07, 6.45) is 1.16. The molecule has 124 valence electrons. The minimum Gasteiger partial charge on any atom is -0.117 e. The van der Waals surface area contributed by atoms with Crippen molar-refractivity contribution in [2.24, 2.45) is 0 Å². The molecule has 0 nitrogen and oxygen atoms in total. The van der Waals surface area contributed by atoms with E-state index in [2.05, 4.69) is 117 Å². The van der Waals surface area contributed by atoms with Gasteiger partial charge in [0.1, 0.15) is 5.57 Å². The molecule has 0 aliphatic heterocycles. The van der Waals surface area contributed by atoms with Crippen LogP contribution >= 0.6 is 21.8 Å². The molecule has 2 heteroatoms. The van der Waals surface area contributed by atoms with Gasteiger partial charge in [-0.05, 0) is 27.6 Å². The largest absolute Gasteiger partial charge is 0.141 e. The predicted octanol–water partition coefficient (Wildman–Crippen LogP) is 6.93. The van der Waals surface area contributed by atoms with E-state index in [1.165, 1.54) is 17.2 Å². The molecule has 0 saturated heterocycles. The Bertz CT molecular complexity index is 619. The zero-order valence-corrected chi connectivity index (χ0v) is 18.2. The van der Waals surface area contributed by atoms with Crippen LogP contribution in [0.4, 0.5) is 0 Å². The van der Waals surface area contributed by atoms with Crippen LogP contribution in [0.1, 0.15) is 45.7 Å². The van der Waals surface area contributed by atoms with Gasteiger partial charge in [0, 0.05) is 0 Å². The van der Waals surface area contributed by atoms with Crippen LogP contribution in [0.3, 0.4) is 0 Å². The lowest BCUT2D eigenvalue weighted by molar-refractivity contribution is 0.587. The van der Waals surface area contributed by atoms with Crippen LogP contribution in [0, 0.1) is 0 Å². The average Bonchev–Trinajstić information content (AvgIpc) is 2.55. The summed E-state index contributed by atoms with van der Waals surface area (Å²) in [5.74, 6) is 0. The second-order valence-electron chi connectivity index (χ2n) is 7.69. The standard InChI is InChI=1S/C21H29ISi/c1-6-23(22,21(4,5)19-15-11-8-12-16-19)20(2,3)17-18-13-9-7-10-14-18/h7-16H,6,17H2,1-5H3. The summed E-state index contributed by atoms with van der Waals surface area (Å²) in [5, 5.41) is 0.560. The highest BCUT2D eigenvalue weighted by Gasteiger charge is 2.54. The van der Waals surface area contributed by atoms with E-state index in [1.807, 2.05) is 0 Å². The van der Waals surface area contributed by atoms with Crippen molar-refractivity contribution in [2.75, 3.05) is 0 Å². The lowest BCUT2D eigenvalue weighted by Crippen LogP contribution is -2.55. The van der Waals surface area contributed by atoms with Gasteiger partial charge < -0.3 is 0 Å². The van der Waals surface area contributed by atoms with Gasteiger partial charge in [-0.2, -0.15) is 0 Å². The van der Waals surface area contributed by atoms with Gasteiger partial charge in [0.2, 0.25) is 0 Å². The van der Waals surface area contributed by atoms with Gasteiger partial charge in [0.05, 0.1) is 0 Å². The van der Waals surface area contributed by atoms with Gasteiger partial charge in [0.15, 0.2) is 0 Å². The van der Waals surface area contributed by atoms with Crippen molar-refractivity contribution >= 4 is 27.4 Å². The van der Waals surface area contributed by atoms with E-state index in [0.717, 1.165) is 6.42 Å². The van der Waals surface area contributed by atoms with Crippen molar-refractivity contribution in [2.45, 2.75) is 57.2 Å². The quantitative estimate of drug-likeness (QED) is 0.262. The maximum atomic E-state index is 2.89. The minimum atomic E-state index is -1.63. The topological polar surface area (TPSA) is 0 Å². The van der Waals surface area contributed by atoms with Crippen LogP contribution < -0.4 is 0 Å². The van der Waals surface area contributed by atoms with Gasteiger partial charge in [0.25, 0.3) is 0 Å². The summed E-state index contributed by atoms with van der Waals surface area (Å²) < 4.78 is 0. The van der Waals surface area contributed by atoms with Crippen LogP contribution in [0.25, 0.3) is 0 Å². The Labute approximate surface area is 155 Å². The summed E-state index contributed by atoms with van der Waals surface area (Å²) in [4.78, 5) is 0. The minimum absolute atomic E-state index is 0.238. The molecular weight excluding hydrogens is 407 g/mol.